The van der Waals surface area contributed by atoms with E-state index in [9.17, 15) is 0 Å². The molecule has 0 aromatic heterocycles. The Morgan fingerprint density at radius 1 is 1.27 bits per heavy atom. The molecule has 0 aliphatic rings. The third-order valence-corrected chi connectivity index (χ3v) is 1.47. The zero-order chi connectivity index (χ0) is 8.10. The molecule has 0 aliphatic carbocycles. The lowest BCUT2D eigenvalue weighted by Crippen LogP contribution is -1.89. The van der Waals surface area contributed by atoms with Crippen molar-refractivity contribution in [3.05, 3.63) is 42.2 Å². The molecule has 0 fully saturated rings. The molecule has 2 N–H and O–H groups in total. The largest absolute Gasteiger partial charge is 0.515 e. The third kappa shape index (κ3) is 1.82. The Bertz CT molecular complexity index is 239. The SMILES string of the molecule is O/C=C(/CO)c1ccccc1. The van der Waals surface area contributed by atoms with Crippen molar-refractivity contribution in [1.82, 2.24) is 0 Å². The lowest BCUT2D eigenvalue weighted by Gasteiger charge is -2.00. The van der Waals surface area contributed by atoms with Crippen LogP contribution in [0.3, 0.4) is 0 Å². The molecule has 1 aromatic carbocycles. The Kier molecular flexibility index (Phi) is 2.69. The first kappa shape index (κ1) is 7.82. The molecular weight excluding hydrogens is 140 g/mol. The maximum atomic E-state index is 8.75. The zero-order valence-corrected chi connectivity index (χ0v) is 6.07. The molecule has 2 heteroatoms. The second-order valence-corrected chi connectivity index (χ2v) is 2.18. The van der Waals surface area contributed by atoms with Crippen LogP contribution in [0.15, 0.2) is 36.6 Å². The van der Waals surface area contributed by atoms with E-state index in [-0.39, 0.29) is 6.61 Å². The van der Waals surface area contributed by atoms with Crippen LogP contribution < -0.4 is 0 Å². The molecule has 0 heterocycles. The molecule has 0 atom stereocenters. The molecule has 0 unspecified atom stereocenters. The fourth-order valence-corrected chi connectivity index (χ4v) is 0.859. The van der Waals surface area contributed by atoms with Crippen LogP contribution in [0.25, 0.3) is 5.57 Å². The number of aliphatic hydroxyl groups is 2. The van der Waals surface area contributed by atoms with Crippen LogP contribution in [0.4, 0.5) is 0 Å². The van der Waals surface area contributed by atoms with Crippen LogP contribution >= 0.6 is 0 Å². The molecule has 0 spiro atoms. The maximum absolute atomic E-state index is 8.75. The highest BCUT2D eigenvalue weighted by Crippen LogP contribution is 2.11. The standard InChI is InChI=1S/C9H10O2/c10-6-9(7-11)8-4-2-1-3-5-8/h1-6,10-11H,7H2/b9-6-. The Balaban J connectivity index is 2.92. The zero-order valence-electron chi connectivity index (χ0n) is 6.07. The predicted octanol–water partition coefficient (Wildman–Crippen LogP) is 1.58. The summed E-state index contributed by atoms with van der Waals surface area (Å²) in [7, 11) is 0. The van der Waals surface area contributed by atoms with Gasteiger partial charge in [-0.25, -0.2) is 0 Å². The Morgan fingerprint density at radius 2 is 1.91 bits per heavy atom. The van der Waals surface area contributed by atoms with Crippen LogP contribution in [-0.2, 0) is 0 Å². The number of hydrogen-bond acceptors (Lipinski definition) is 2. The fraction of sp³-hybridized carbons (Fsp3) is 0.111. The minimum absolute atomic E-state index is 0.138. The van der Waals surface area contributed by atoms with Crippen LogP contribution in [-0.4, -0.2) is 16.8 Å². The Labute approximate surface area is 65.4 Å². The molecular formula is C9H10O2. The molecule has 2 nitrogen and oxygen atoms in total. The van der Waals surface area contributed by atoms with Gasteiger partial charge in [0.05, 0.1) is 12.9 Å². The molecule has 58 valence electrons. The van der Waals surface area contributed by atoms with E-state index < -0.39 is 0 Å². The van der Waals surface area contributed by atoms with Gasteiger partial charge in [0.25, 0.3) is 0 Å². The summed E-state index contributed by atoms with van der Waals surface area (Å²) >= 11 is 0. The third-order valence-electron chi connectivity index (χ3n) is 1.47. The highest BCUT2D eigenvalue weighted by atomic mass is 16.3. The van der Waals surface area contributed by atoms with Crippen molar-refractivity contribution in [2.24, 2.45) is 0 Å². The normalized spacial score (nSPS) is 11.5. The van der Waals surface area contributed by atoms with E-state index in [0.717, 1.165) is 11.8 Å². The van der Waals surface area contributed by atoms with Crippen molar-refractivity contribution < 1.29 is 10.2 Å². The van der Waals surface area contributed by atoms with E-state index in [4.69, 9.17) is 10.2 Å². The van der Waals surface area contributed by atoms with E-state index in [0.29, 0.717) is 5.57 Å². The molecule has 0 amide bonds. The lowest BCUT2D eigenvalue weighted by atomic mass is 10.1. The van der Waals surface area contributed by atoms with Gasteiger partial charge in [-0.1, -0.05) is 30.3 Å². The summed E-state index contributed by atoms with van der Waals surface area (Å²) in [6.45, 7) is -0.138. The Morgan fingerprint density at radius 3 is 2.36 bits per heavy atom. The van der Waals surface area contributed by atoms with Gasteiger partial charge >= 0.3 is 0 Å². The average molecular weight is 150 g/mol. The lowest BCUT2D eigenvalue weighted by molar-refractivity contribution is 0.345. The van der Waals surface area contributed by atoms with Crippen molar-refractivity contribution in [2.45, 2.75) is 0 Å². The average Bonchev–Trinajstić information content (AvgIpc) is 2.09. The second kappa shape index (κ2) is 3.78. The first-order chi connectivity index (χ1) is 5.38. The fourth-order valence-electron chi connectivity index (χ4n) is 0.859. The minimum atomic E-state index is -0.138. The van der Waals surface area contributed by atoms with E-state index in [1.165, 1.54) is 0 Å². The van der Waals surface area contributed by atoms with Crippen molar-refractivity contribution in [3.63, 3.8) is 0 Å². The van der Waals surface area contributed by atoms with E-state index in [1.807, 2.05) is 30.3 Å². The van der Waals surface area contributed by atoms with E-state index in [1.54, 1.807) is 0 Å². The van der Waals surface area contributed by atoms with Gasteiger partial charge in [0, 0.05) is 5.57 Å². The molecule has 0 saturated heterocycles. The molecule has 0 bridgehead atoms. The number of benzene rings is 1. The predicted molar refractivity (Wildman–Crippen MR) is 44.1 cm³/mol. The van der Waals surface area contributed by atoms with E-state index in [2.05, 4.69) is 0 Å². The van der Waals surface area contributed by atoms with Crippen LogP contribution in [0.1, 0.15) is 5.56 Å². The molecule has 0 radical (unpaired) electrons. The summed E-state index contributed by atoms with van der Waals surface area (Å²) in [5.41, 5.74) is 1.38. The first-order valence-corrected chi connectivity index (χ1v) is 3.38. The smallest absolute Gasteiger partial charge is 0.0852 e. The maximum Gasteiger partial charge on any atom is 0.0852 e. The van der Waals surface area contributed by atoms with Crippen molar-refractivity contribution in [2.75, 3.05) is 6.61 Å². The van der Waals surface area contributed by atoms with Gasteiger partial charge in [-0.05, 0) is 5.56 Å². The van der Waals surface area contributed by atoms with Crippen LogP contribution in [0.2, 0.25) is 0 Å². The number of rotatable bonds is 2. The second-order valence-electron chi connectivity index (χ2n) is 2.18. The molecule has 11 heavy (non-hydrogen) atoms. The summed E-state index contributed by atoms with van der Waals surface area (Å²) in [6, 6.07) is 9.26. The highest BCUT2D eigenvalue weighted by Gasteiger charge is 1.96. The summed E-state index contributed by atoms with van der Waals surface area (Å²) in [5.74, 6) is 0. The van der Waals surface area contributed by atoms with Crippen molar-refractivity contribution in [3.8, 4) is 0 Å². The topological polar surface area (TPSA) is 40.5 Å². The Hall–Kier alpha value is -1.28. The minimum Gasteiger partial charge on any atom is -0.515 e. The molecule has 0 aliphatic heterocycles. The van der Waals surface area contributed by atoms with E-state index >= 15 is 0 Å². The van der Waals surface area contributed by atoms with Gasteiger partial charge < -0.3 is 10.2 Å². The van der Waals surface area contributed by atoms with Crippen molar-refractivity contribution in [1.29, 1.82) is 0 Å². The summed E-state index contributed by atoms with van der Waals surface area (Å²) < 4.78 is 0. The number of hydrogen-bond donors (Lipinski definition) is 2. The van der Waals surface area contributed by atoms with Gasteiger partial charge in [0.15, 0.2) is 0 Å². The molecule has 1 rings (SSSR count). The van der Waals surface area contributed by atoms with Gasteiger partial charge in [0.2, 0.25) is 0 Å². The summed E-state index contributed by atoms with van der Waals surface area (Å²) in [4.78, 5) is 0. The monoisotopic (exact) mass is 150 g/mol. The molecule has 0 saturated carbocycles. The quantitative estimate of drug-likeness (QED) is 0.628. The van der Waals surface area contributed by atoms with Gasteiger partial charge in [-0.15, -0.1) is 0 Å². The van der Waals surface area contributed by atoms with Crippen LogP contribution in [0, 0.1) is 0 Å². The van der Waals surface area contributed by atoms with Crippen molar-refractivity contribution >= 4 is 5.57 Å². The first-order valence-electron chi connectivity index (χ1n) is 3.38. The number of aliphatic hydroxyl groups excluding tert-OH is 2. The van der Waals surface area contributed by atoms with Gasteiger partial charge in [0.1, 0.15) is 0 Å². The summed E-state index contributed by atoms with van der Waals surface area (Å²) in [6.07, 6.45) is 0.926. The summed E-state index contributed by atoms with van der Waals surface area (Å²) in [5, 5.41) is 17.4. The van der Waals surface area contributed by atoms with Gasteiger partial charge in [-0.2, -0.15) is 0 Å². The highest BCUT2D eigenvalue weighted by molar-refractivity contribution is 5.64. The van der Waals surface area contributed by atoms with Gasteiger partial charge in [-0.3, -0.25) is 0 Å². The van der Waals surface area contributed by atoms with Crippen LogP contribution in [0.5, 0.6) is 0 Å². The molecule has 1 aromatic rings.